The topological polar surface area (TPSA) is 100 Å². The predicted molar refractivity (Wildman–Crippen MR) is 131 cm³/mol. The molecule has 5 rings (SSSR count). The van der Waals surface area contributed by atoms with E-state index < -0.39 is 23.0 Å². The van der Waals surface area contributed by atoms with Crippen molar-refractivity contribution in [3.63, 3.8) is 0 Å². The van der Waals surface area contributed by atoms with Crippen LogP contribution in [0.3, 0.4) is 0 Å². The number of nitrogen functional groups attached to an aromatic ring is 1. The lowest BCUT2D eigenvalue weighted by Crippen LogP contribution is -2.47. The number of benzene rings is 2. The monoisotopic (exact) mass is 497 g/mol. The number of anilines is 2. The summed E-state index contributed by atoms with van der Waals surface area (Å²) in [7, 11) is 0. The van der Waals surface area contributed by atoms with Crippen LogP contribution in [0.5, 0.6) is 0 Å². The fourth-order valence-corrected chi connectivity index (χ4v) is 5.37. The SMILES string of the molecule is Nc1nc(NC2CCN(C(=O)NC3C[C@H]3c3ccccc3)CC2)sc1C(=O)c1c(F)cccc1F. The molecule has 35 heavy (non-hydrogen) atoms. The van der Waals surface area contributed by atoms with Crippen LogP contribution in [0.2, 0.25) is 0 Å². The van der Waals surface area contributed by atoms with Gasteiger partial charge in [-0.15, -0.1) is 0 Å². The number of halogens is 2. The first-order valence-corrected chi connectivity index (χ1v) is 12.3. The average molecular weight is 498 g/mol. The van der Waals surface area contributed by atoms with Crippen LogP contribution in [0.1, 0.15) is 46.0 Å². The summed E-state index contributed by atoms with van der Waals surface area (Å²) in [6, 6.07) is 13.6. The van der Waals surface area contributed by atoms with Gasteiger partial charge in [0.25, 0.3) is 0 Å². The first-order valence-electron chi connectivity index (χ1n) is 11.5. The quantitative estimate of drug-likeness (QED) is 0.439. The van der Waals surface area contributed by atoms with Gasteiger partial charge in [-0.3, -0.25) is 4.79 Å². The molecule has 0 spiro atoms. The molecule has 3 aromatic rings. The van der Waals surface area contributed by atoms with Crippen molar-refractivity contribution in [2.24, 2.45) is 0 Å². The molecule has 2 aromatic carbocycles. The van der Waals surface area contributed by atoms with Gasteiger partial charge < -0.3 is 21.3 Å². The Morgan fingerprint density at radius 3 is 2.40 bits per heavy atom. The molecule has 1 unspecified atom stereocenters. The average Bonchev–Trinajstić information content (AvgIpc) is 3.52. The second kappa shape index (κ2) is 9.61. The fraction of sp³-hybridized carbons (Fsp3) is 0.320. The Kier molecular flexibility index (Phi) is 6.38. The van der Waals surface area contributed by atoms with E-state index in [9.17, 15) is 18.4 Å². The largest absolute Gasteiger partial charge is 0.382 e. The molecule has 2 aliphatic rings. The molecule has 2 fully saturated rings. The molecule has 1 aliphatic carbocycles. The lowest BCUT2D eigenvalue weighted by molar-refractivity contribution is 0.103. The van der Waals surface area contributed by atoms with Crippen molar-refractivity contribution in [2.75, 3.05) is 24.1 Å². The van der Waals surface area contributed by atoms with Gasteiger partial charge in [0.15, 0.2) is 5.13 Å². The second-order valence-electron chi connectivity index (χ2n) is 8.87. The predicted octanol–water partition coefficient (Wildman–Crippen LogP) is 4.38. The number of rotatable bonds is 6. The maximum atomic E-state index is 14.0. The zero-order chi connectivity index (χ0) is 24.5. The third-order valence-corrected chi connectivity index (χ3v) is 7.49. The van der Waals surface area contributed by atoms with Gasteiger partial charge >= 0.3 is 6.03 Å². The van der Waals surface area contributed by atoms with E-state index in [4.69, 9.17) is 5.73 Å². The Balaban J connectivity index is 1.14. The molecule has 1 aromatic heterocycles. The normalized spacial score (nSPS) is 19.9. The Morgan fingerprint density at radius 1 is 1.03 bits per heavy atom. The Labute approximate surface area is 205 Å². The number of carbonyl (C=O) groups is 2. The minimum atomic E-state index is -0.941. The van der Waals surface area contributed by atoms with Crippen LogP contribution in [-0.2, 0) is 0 Å². The minimum Gasteiger partial charge on any atom is -0.382 e. The van der Waals surface area contributed by atoms with E-state index in [1.165, 1.54) is 11.6 Å². The summed E-state index contributed by atoms with van der Waals surface area (Å²) in [6.07, 6.45) is 2.35. The van der Waals surface area contributed by atoms with Crippen molar-refractivity contribution < 1.29 is 18.4 Å². The van der Waals surface area contributed by atoms with Gasteiger partial charge in [0.2, 0.25) is 5.78 Å². The first-order chi connectivity index (χ1) is 16.9. The number of amides is 2. The maximum Gasteiger partial charge on any atom is 0.317 e. The Hall–Kier alpha value is -3.53. The van der Waals surface area contributed by atoms with Crippen LogP contribution >= 0.6 is 11.3 Å². The highest BCUT2D eigenvalue weighted by molar-refractivity contribution is 7.18. The molecule has 1 aliphatic heterocycles. The first kappa shape index (κ1) is 23.2. The number of carbonyl (C=O) groups excluding carboxylic acids is 2. The maximum absolute atomic E-state index is 14.0. The van der Waals surface area contributed by atoms with Crippen LogP contribution in [0, 0.1) is 11.6 Å². The number of thiazole rings is 1. The van der Waals surface area contributed by atoms with Gasteiger partial charge in [-0.05, 0) is 37.0 Å². The van der Waals surface area contributed by atoms with E-state index in [2.05, 4.69) is 27.8 Å². The molecule has 182 valence electrons. The Bertz CT molecular complexity index is 1220. The summed E-state index contributed by atoms with van der Waals surface area (Å²) in [5, 5.41) is 6.79. The molecule has 2 atom stereocenters. The van der Waals surface area contributed by atoms with Crippen molar-refractivity contribution in [1.29, 1.82) is 0 Å². The van der Waals surface area contributed by atoms with Crippen molar-refractivity contribution in [3.8, 4) is 0 Å². The molecule has 1 saturated carbocycles. The van der Waals surface area contributed by atoms with Crippen LogP contribution in [0.15, 0.2) is 48.5 Å². The highest BCUT2D eigenvalue weighted by Crippen LogP contribution is 2.40. The molecule has 4 N–H and O–H groups in total. The van der Waals surface area contributed by atoms with E-state index in [0.29, 0.717) is 37.0 Å². The summed E-state index contributed by atoms with van der Waals surface area (Å²) in [4.78, 5) is 31.3. The summed E-state index contributed by atoms with van der Waals surface area (Å²) in [6.45, 7) is 1.17. The van der Waals surface area contributed by atoms with Crippen LogP contribution in [0.4, 0.5) is 24.5 Å². The lowest BCUT2D eigenvalue weighted by Gasteiger charge is -2.32. The standard InChI is InChI=1S/C25H25F2N5O2S/c26-17-7-4-8-18(27)20(17)21(33)22-23(28)31-24(35-22)29-15-9-11-32(12-10-15)25(34)30-19-13-16(19)14-5-2-1-3-6-14/h1-8,15-16,19H,9-13,28H2,(H,29,31)(H,30,34)/t16-,19?/m0/s1. The number of piperidine rings is 1. The van der Waals surface area contributed by atoms with Crippen molar-refractivity contribution in [3.05, 3.63) is 76.2 Å². The smallest absolute Gasteiger partial charge is 0.317 e. The number of nitrogens with zero attached hydrogens (tertiary/aromatic N) is 2. The second-order valence-corrected chi connectivity index (χ2v) is 9.87. The molecular formula is C25H25F2N5O2S. The van der Waals surface area contributed by atoms with Gasteiger partial charge in [-0.2, -0.15) is 0 Å². The number of hydrogen-bond acceptors (Lipinski definition) is 6. The van der Waals surface area contributed by atoms with Crippen molar-refractivity contribution >= 4 is 34.1 Å². The number of likely N-dealkylation sites (tertiary alicyclic amines) is 1. The summed E-state index contributed by atoms with van der Waals surface area (Å²) in [5.74, 6) is -2.40. The van der Waals surface area contributed by atoms with Crippen LogP contribution in [0.25, 0.3) is 0 Å². The van der Waals surface area contributed by atoms with Crippen LogP contribution in [-0.4, -0.2) is 46.9 Å². The van der Waals surface area contributed by atoms with Gasteiger partial charge in [-0.1, -0.05) is 47.7 Å². The summed E-state index contributed by atoms with van der Waals surface area (Å²) >= 11 is 0.972. The number of nitrogens with one attached hydrogen (secondary N) is 2. The van der Waals surface area contributed by atoms with Gasteiger partial charge in [0.05, 0.1) is 5.56 Å². The van der Waals surface area contributed by atoms with Gasteiger partial charge in [-0.25, -0.2) is 18.6 Å². The molecule has 1 saturated heterocycles. The molecule has 7 nitrogen and oxygen atoms in total. The third kappa shape index (κ3) is 4.97. The molecule has 0 bridgehead atoms. The highest BCUT2D eigenvalue weighted by Gasteiger charge is 2.40. The van der Waals surface area contributed by atoms with Crippen LogP contribution < -0.4 is 16.4 Å². The van der Waals surface area contributed by atoms with Crippen molar-refractivity contribution in [1.82, 2.24) is 15.2 Å². The molecule has 2 heterocycles. The van der Waals surface area contributed by atoms with Gasteiger partial charge in [0.1, 0.15) is 22.3 Å². The minimum absolute atomic E-state index is 0.00859. The third-order valence-electron chi connectivity index (χ3n) is 6.49. The fourth-order valence-electron chi connectivity index (χ4n) is 4.46. The van der Waals surface area contributed by atoms with Crippen molar-refractivity contribution in [2.45, 2.75) is 37.3 Å². The summed E-state index contributed by atoms with van der Waals surface area (Å²) < 4.78 is 28.0. The number of aromatic nitrogens is 1. The number of nitrogens with two attached hydrogens (primary N) is 1. The lowest BCUT2D eigenvalue weighted by atomic mass is 10.1. The zero-order valence-electron chi connectivity index (χ0n) is 18.8. The molecule has 10 heteroatoms. The Morgan fingerprint density at radius 2 is 1.71 bits per heavy atom. The van der Waals surface area contributed by atoms with Gasteiger partial charge in [0, 0.05) is 31.1 Å². The number of urea groups is 1. The highest BCUT2D eigenvalue weighted by atomic mass is 32.1. The number of hydrogen-bond donors (Lipinski definition) is 3. The van der Waals surface area contributed by atoms with E-state index in [-0.39, 0.29) is 28.8 Å². The van der Waals surface area contributed by atoms with E-state index >= 15 is 0 Å². The zero-order valence-corrected chi connectivity index (χ0v) is 19.7. The van der Waals surface area contributed by atoms with E-state index in [1.807, 2.05) is 23.1 Å². The summed E-state index contributed by atoms with van der Waals surface area (Å²) in [5.41, 5.74) is 6.49. The molecule has 2 amide bonds. The number of ketones is 1. The van der Waals surface area contributed by atoms with E-state index in [1.54, 1.807) is 0 Å². The van der Waals surface area contributed by atoms with E-state index in [0.717, 1.165) is 29.9 Å². The molecule has 0 radical (unpaired) electrons. The molecular weight excluding hydrogens is 472 g/mol.